The normalized spacial score (nSPS) is 3.80. The molecule has 0 nitrogen and oxygen atoms in total. The fourth-order valence-electron chi connectivity index (χ4n) is 0. The molecular formula is C4H9Si. The molecule has 1 heteroatoms. The smallest absolute Gasteiger partial charge is 0.0184 e. The van der Waals surface area contributed by atoms with Crippen LogP contribution in [0.15, 0.2) is 12.7 Å². The van der Waals surface area contributed by atoms with Crippen molar-refractivity contribution in [3.63, 3.8) is 0 Å². The van der Waals surface area contributed by atoms with Gasteiger partial charge in [-0.1, -0.05) is 12.6 Å². The molecule has 0 aromatic heterocycles. The summed E-state index contributed by atoms with van der Waals surface area (Å²) in [6.07, 6.45) is 1.75. The van der Waals surface area contributed by atoms with Gasteiger partial charge in [-0.2, -0.15) is 0 Å². The fraction of sp³-hybridized carbons (Fsp3) is 0.500. The van der Waals surface area contributed by atoms with Crippen LogP contribution in [-0.2, 0) is 0 Å². The Balaban J connectivity index is 0. The summed E-state index contributed by atoms with van der Waals surface area (Å²) in [6.45, 7) is 7.06. The zero-order valence-corrected chi connectivity index (χ0v) is 4.78. The lowest BCUT2D eigenvalue weighted by Gasteiger charge is -1.31. The molecule has 0 aliphatic heterocycles. The molecule has 0 saturated heterocycles. The highest BCUT2D eigenvalue weighted by molar-refractivity contribution is 6.05. The van der Waals surface area contributed by atoms with Crippen molar-refractivity contribution in [2.45, 2.75) is 13.5 Å². The molecular weight excluding hydrogens is 76.1 g/mol. The van der Waals surface area contributed by atoms with Crippen LogP contribution in [0.5, 0.6) is 0 Å². The van der Waals surface area contributed by atoms with Crippen LogP contribution in [-0.4, -0.2) is 10.2 Å². The minimum absolute atomic E-state index is 1.75. The van der Waals surface area contributed by atoms with Crippen LogP contribution in [0.2, 0.25) is 6.55 Å². The molecule has 0 heterocycles. The summed E-state index contributed by atoms with van der Waals surface area (Å²) in [4.78, 5) is 0. The van der Waals surface area contributed by atoms with Crippen molar-refractivity contribution < 1.29 is 0 Å². The first-order chi connectivity index (χ1) is 2.41. The van der Waals surface area contributed by atoms with E-state index in [9.17, 15) is 0 Å². The lowest BCUT2D eigenvalue weighted by Crippen LogP contribution is -1.13. The monoisotopic (exact) mass is 85.0 g/mol. The topological polar surface area (TPSA) is 0 Å². The molecule has 0 aliphatic carbocycles. The molecule has 0 amide bonds. The Morgan fingerprint density at radius 1 is 1.60 bits per heavy atom. The van der Waals surface area contributed by atoms with E-state index in [1.165, 1.54) is 0 Å². The van der Waals surface area contributed by atoms with E-state index in [2.05, 4.69) is 16.8 Å². The quantitative estimate of drug-likeness (QED) is 0.308. The Morgan fingerprint density at radius 2 is 1.60 bits per heavy atom. The third-order valence-electron chi connectivity index (χ3n) is 0. The molecule has 0 bridgehead atoms. The molecule has 0 fully saturated rings. The Morgan fingerprint density at radius 3 is 1.60 bits per heavy atom. The highest BCUT2D eigenvalue weighted by Crippen LogP contribution is 1.38. The predicted molar refractivity (Wildman–Crippen MR) is 27.5 cm³/mol. The van der Waals surface area contributed by atoms with Gasteiger partial charge in [0.1, 0.15) is 0 Å². The van der Waals surface area contributed by atoms with Crippen LogP contribution in [0, 0.1) is 0 Å². The third kappa shape index (κ3) is 8150. The van der Waals surface area contributed by atoms with Gasteiger partial charge in [-0.15, -0.1) is 6.58 Å². The van der Waals surface area contributed by atoms with E-state index < -0.39 is 0 Å². The first kappa shape index (κ1) is 8.88. The molecule has 0 aromatic rings. The van der Waals surface area contributed by atoms with Gasteiger partial charge in [0.25, 0.3) is 0 Å². The van der Waals surface area contributed by atoms with E-state index in [-0.39, 0.29) is 0 Å². The number of allylic oxidation sites excluding steroid dienone is 1. The Labute approximate surface area is 37.3 Å². The molecule has 3 radical (unpaired) electrons. The van der Waals surface area contributed by atoms with Crippen molar-refractivity contribution in [1.29, 1.82) is 0 Å². The van der Waals surface area contributed by atoms with E-state index in [4.69, 9.17) is 0 Å². The zero-order valence-electron chi connectivity index (χ0n) is 3.78. The largest absolute Gasteiger partial charge is 0.103 e. The first-order valence-corrected chi connectivity index (χ1v) is 2.49. The molecule has 0 spiro atoms. The average Bonchev–Trinajstić information content (AvgIpc) is 1.46. The lowest BCUT2D eigenvalue weighted by molar-refractivity contribution is 1.80. The van der Waals surface area contributed by atoms with Gasteiger partial charge >= 0.3 is 0 Å². The lowest BCUT2D eigenvalue weighted by atomic mass is 10.8. The van der Waals surface area contributed by atoms with Crippen molar-refractivity contribution in [2.75, 3.05) is 0 Å². The van der Waals surface area contributed by atoms with Crippen LogP contribution in [0.3, 0.4) is 0 Å². The van der Waals surface area contributed by atoms with Gasteiger partial charge < -0.3 is 0 Å². The van der Waals surface area contributed by atoms with E-state index >= 15 is 0 Å². The van der Waals surface area contributed by atoms with Gasteiger partial charge in [0.05, 0.1) is 0 Å². The SMILES string of the molecule is C=CC.C[Si]. The molecule has 0 aromatic carbocycles. The van der Waals surface area contributed by atoms with E-state index in [0.717, 1.165) is 0 Å². The maximum atomic E-state index is 3.36. The van der Waals surface area contributed by atoms with Crippen LogP contribution < -0.4 is 0 Å². The van der Waals surface area contributed by atoms with Crippen molar-refractivity contribution in [2.24, 2.45) is 0 Å². The summed E-state index contributed by atoms with van der Waals surface area (Å²) in [5, 5.41) is 0. The average molecular weight is 85.2 g/mol. The van der Waals surface area contributed by atoms with Crippen LogP contribution in [0.4, 0.5) is 0 Å². The molecule has 29 valence electrons. The van der Waals surface area contributed by atoms with Crippen molar-refractivity contribution in [3.8, 4) is 0 Å². The van der Waals surface area contributed by atoms with Gasteiger partial charge in [0, 0.05) is 10.2 Å². The molecule has 0 saturated carbocycles. The minimum Gasteiger partial charge on any atom is -0.103 e. The first-order valence-electron chi connectivity index (χ1n) is 1.49. The van der Waals surface area contributed by atoms with Crippen LogP contribution in [0.1, 0.15) is 6.92 Å². The number of rotatable bonds is 0. The van der Waals surface area contributed by atoms with Crippen molar-refractivity contribution >= 4 is 10.2 Å². The number of hydrogen-bond donors (Lipinski definition) is 0. The van der Waals surface area contributed by atoms with Gasteiger partial charge in [0.2, 0.25) is 0 Å². The Bertz CT molecular complexity index is 11.1. The van der Waals surface area contributed by atoms with E-state index in [1.807, 2.05) is 6.92 Å². The van der Waals surface area contributed by atoms with Crippen molar-refractivity contribution in [3.05, 3.63) is 12.7 Å². The highest BCUT2D eigenvalue weighted by atomic mass is 28.1. The van der Waals surface area contributed by atoms with Gasteiger partial charge in [0.15, 0.2) is 0 Å². The minimum atomic E-state index is 1.75. The van der Waals surface area contributed by atoms with Gasteiger partial charge in [-0.25, -0.2) is 0 Å². The molecule has 0 rings (SSSR count). The molecule has 0 atom stereocenters. The second-order valence-electron chi connectivity index (χ2n) is 0.408. The number of hydrogen-bond acceptors (Lipinski definition) is 0. The van der Waals surface area contributed by atoms with Gasteiger partial charge in [-0.05, 0) is 6.92 Å². The zero-order chi connectivity index (χ0) is 4.71. The molecule has 5 heavy (non-hydrogen) atoms. The summed E-state index contributed by atoms with van der Waals surface area (Å²) >= 11 is 0. The second-order valence-corrected chi connectivity index (χ2v) is 0.408. The standard InChI is InChI=1S/C3H6.CH3Si/c1-3-2;1-2/h3H,1H2,2H3;1H3. The van der Waals surface area contributed by atoms with E-state index in [1.54, 1.807) is 12.6 Å². The molecule has 0 N–H and O–H groups in total. The van der Waals surface area contributed by atoms with Crippen LogP contribution in [0.25, 0.3) is 0 Å². The molecule has 0 aliphatic rings. The summed E-state index contributed by atoms with van der Waals surface area (Å²) in [6, 6.07) is 0. The third-order valence-corrected chi connectivity index (χ3v) is 0. The molecule has 0 unspecified atom stereocenters. The Kier molecular flexibility index (Phi) is 67.1. The summed E-state index contributed by atoms with van der Waals surface area (Å²) < 4.78 is 0. The maximum Gasteiger partial charge on any atom is 0.0184 e. The highest BCUT2D eigenvalue weighted by Gasteiger charge is 1.15. The summed E-state index contributed by atoms with van der Waals surface area (Å²) in [5.74, 6) is 0. The van der Waals surface area contributed by atoms with Crippen LogP contribution >= 0.6 is 0 Å². The predicted octanol–water partition coefficient (Wildman–Crippen LogP) is 1.40. The maximum absolute atomic E-state index is 3.36. The fourth-order valence-corrected chi connectivity index (χ4v) is 0. The van der Waals surface area contributed by atoms with Crippen molar-refractivity contribution in [1.82, 2.24) is 0 Å². The summed E-state index contributed by atoms with van der Waals surface area (Å²) in [7, 11) is 2.97. The Hall–Kier alpha value is -0.0431. The second kappa shape index (κ2) is 37.8. The van der Waals surface area contributed by atoms with Gasteiger partial charge in [-0.3, -0.25) is 0 Å². The van der Waals surface area contributed by atoms with E-state index in [0.29, 0.717) is 0 Å². The summed E-state index contributed by atoms with van der Waals surface area (Å²) in [5.41, 5.74) is 0.